The minimum Gasteiger partial charge on any atom is -0.543 e. The summed E-state index contributed by atoms with van der Waals surface area (Å²) in [7, 11) is -2.77. The predicted molar refractivity (Wildman–Crippen MR) is 105 cm³/mol. The summed E-state index contributed by atoms with van der Waals surface area (Å²) in [4.78, 5) is 0. The number of halogens is 1. The van der Waals surface area contributed by atoms with Gasteiger partial charge >= 0.3 is 0 Å². The Balaban J connectivity index is 1.78. The minimum absolute atomic E-state index is 0.191. The third kappa shape index (κ3) is 3.68. The highest BCUT2D eigenvalue weighted by atomic mass is 35.7. The SMILES string of the molecule is CC(C)(C)[Si](C)(C)Oc1ccccc1C[C@H]1OP(Cl)N2CCC[C@@H]12. The third-order valence-electron chi connectivity index (χ3n) is 5.69. The van der Waals surface area contributed by atoms with Gasteiger partial charge in [0, 0.05) is 19.0 Å². The molecule has 24 heavy (non-hydrogen) atoms. The van der Waals surface area contributed by atoms with Gasteiger partial charge in [0.2, 0.25) is 16.0 Å². The largest absolute Gasteiger partial charge is 0.543 e. The number of fused-ring (bicyclic) bond motifs is 1. The van der Waals surface area contributed by atoms with Crippen LogP contribution in [0.1, 0.15) is 39.2 Å². The Labute approximate surface area is 153 Å². The summed E-state index contributed by atoms with van der Waals surface area (Å²) in [5.74, 6) is 1.03. The average Bonchev–Trinajstić information content (AvgIpc) is 3.05. The molecule has 3 nitrogen and oxygen atoms in total. The van der Waals surface area contributed by atoms with Crippen LogP contribution < -0.4 is 4.43 Å². The molecule has 3 atom stereocenters. The maximum atomic E-state index is 6.59. The Morgan fingerprint density at radius 2 is 2.04 bits per heavy atom. The summed E-state index contributed by atoms with van der Waals surface area (Å²) >= 11 is 6.42. The Kier molecular flexibility index (Phi) is 5.35. The zero-order valence-corrected chi connectivity index (χ0v) is 18.0. The first-order chi connectivity index (χ1) is 11.2. The fraction of sp³-hybridized carbons (Fsp3) is 0.667. The van der Waals surface area contributed by atoms with Gasteiger partial charge < -0.3 is 8.95 Å². The van der Waals surface area contributed by atoms with Gasteiger partial charge in [-0.2, -0.15) is 0 Å². The molecule has 2 aliphatic rings. The van der Waals surface area contributed by atoms with Gasteiger partial charge in [0.25, 0.3) is 0 Å². The molecule has 0 radical (unpaired) electrons. The van der Waals surface area contributed by atoms with E-state index in [1.807, 2.05) is 0 Å². The maximum absolute atomic E-state index is 6.59. The Morgan fingerprint density at radius 3 is 2.75 bits per heavy atom. The molecule has 0 aromatic heterocycles. The van der Waals surface area contributed by atoms with Crippen LogP contribution in [0, 0.1) is 0 Å². The summed E-state index contributed by atoms with van der Waals surface area (Å²) in [6, 6.07) is 8.94. The zero-order chi connectivity index (χ0) is 17.5. The lowest BCUT2D eigenvalue weighted by Crippen LogP contribution is -2.44. The second-order valence-corrected chi connectivity index (χ2v) is 15.2. The number of nitrogens with zero attached hydrogens (tertiary/aromatic N) is 1. The lowest BCUT2D eigenvalue weighted by atomic mass is 10.0. The van der Waals surface area contributed by atoms with E-state index >= 15 is 0 Å². The third-order valence-corrected chi connectivity index (χ3v) is 12.2. The second kappa shape index (κ2) is 6.89. The zero-order valence-electron chi connectivity index (χ0n) is 15.4. The molecule has 1 aromatic rings. The fourth-order valence-corrected chi connectivity index (χ4v) is 6.46. The number of hydrogen-bond donors (Lipinski definition) is 0. The van der Waals surface area contributed by atoms with Gasteiger partial charge in [0.15, 0.2) is 0 Å². The molecule has 134 valence electrons. The van der Waals surface area contributed by atoms with Crippen molar-refractivity contribution in [1.82, 2.24) is 4.67 Å². The van der Waals surface area contributed by atoms with E-state index in [1.54, 1.807) is 0 Å². The monoisotopic (exact) mass is 385 g/mol. The van der Waals surface area contributed by atoms with Crippen LogP contribution in [-0.2, 0) is 10.9 Å². The van der Waals surface area contributed by atoms with Crippen molar-refractivity contribution >= 4 is 27.2 Å². The van der Waals surface area contributed by atoms with E-state index in [9.17, 15) is 0 Å². The van der Waals surface area contributed by atoms with Gasteiger partial charge in [-0.3, -0.25) is 0 Å². The van der Waals surface area contributed by atoms with Crippen molar-refractivity contribution in [2.75, 3.05) is 6.54 Å². The van der Waals surface area contributed by atoms with Crippen LogP contribution in [0.4, 0.5) is 0 Å². The first-order valence-electron chi connectivity index (χ1n) is 8.85. The molecule has 0 amide bonds. The van der Waals surface area contributed by atoms with Gasteiger partial charge in [-0.25, -0.2) is 4.67 Å². The number of hydrogen-bond acceptors (Lipinski definition) is 3. The normalized spacial score (nSPS) is 28.2. The summed E-state index contributed by atoms with van der Waals surface area (Å²) in [6.07, 6.45) is 3.51. The molecule has 2 fully saturated rings. The quantitative estimate of drug-likeness (QED) is 0.472. The molecule has 1 aromatic carbocycles. The Bertz CT molecular complexity index is 593. The van der Waals surface area contributed by atoms with Gasteiger partial charge in [-0.05, 0) is 53.8 Å². The number of benzene rings is 1. The van der Waals surface area contributed by atoms with Crippen LogP contribution in [0.2, 0.25) is 18.1 Å². The van der Waals surface area contributed by atoms with Crippen molar-refractivity contribution in [1.29, 1.82) is 0 Å². The van der Waals surface area contributed by atoms with Crippen LogP contribution in [0.15, 0.2) is 24.3 Å². The Morgan fingerprint density at radius 1 is 1.33 bits per heavy atom. The van der Waals surface area contributed by atoms with Crippen LogP contribution >= 0.6 is 18.9 Å². The van der Waals surface area contributed by atoms with E-state index < -0.39 is 16.0 Å². The lowest BCUT2D eigenvalue weighted by Gasteiger charge is -2.37. The molecule has 0 saturated carbocycles. The summed E-state index contributed by atoms with van der Waals surface area (Å²) in [5.41, 5.74) is 1.25. The van der Waals surface area contributed by atoms with Crippen LogP contribution in [0.5, 0.6) is 5.75 Å². The molecule has 2 aliphatic heterocycles. The van der Waals surface area contributed by atoms with Gasteiger partial charge in [0.1, 0.15) is 5.75 Å². The molecule has 6 heteroatoms. The van der Waals surface area contributed by atoms with E-state index in [-0.39, 0.29) is 11.1 Å². The average molecular weight is 386 g/mol. The topological polar surface area (TPSA) is 21.7 Å². The molecule has 0 N–H and O–H groups in total. The number of para-hydroxylation sites is 1. The van der Waals surface area contributed by atoms with Crippen molar-refractivity contribution in [2.24, 2.45) is 0 Å². The van der Waals surface area contributed by atoms with Gasteiger partial charge in [-0.15, -0.1) is 0 Å². The summed E-state index contributed by atoms with van der Waals surface area (Å²) in [5, 5.41) is 0.191. The van der Waals surface area contributed by atoms with Crippen molar-refractivity contribution < 1.29 is 8.95 Å². The van der Waals surface area contributed by atoms with Gasteiger partial charge in [-0.1, -0.05) is 39.0 Å². The van der Waals surface area contributed by atoms with E-state index in [1.165, 1.54) is 18.4 Å². The first kappa shape index (κ1) is 18.7. The molecule has 3 rings (SSSR count). The van der Waals surface area contributed by atoms with E-state index in [0.717, 1.165) is 18.7 Å². The van der Waals surface area contributed by atoms with Crippen molar-refractivity contribution in [3.8, 4) is 5.75 Å². The number of rotatable bonds is 4. The van der Waals surface area contributed by atoms with E-state index in [2.05, 4.69) is 62.8 Å². The van der Waals surface area contributed by atoms with Crippen molar-refractivity contribution in [3.05, 3.63) is 29.8 Å². The van der Waals surface area contributed by atoms with E-state index in [4.69, 9.17) is 20.2 Å². The van der Waals surface area contributed by atoms with E-state index in [0.29, 0.717) is 6.04 Å². The van der Waals surface area contributed by atoms with Crippen molar-refractivity contribution in [2.45, 2.75) is 70.3 Å². The second-order valence-electron chi connectivity index (χ2n) is 8.42. The molecule has 0 spiro atoms. The highest BCUT2D eigenvalue weighted by Gasteiger charge is 2.45. The Hall–Kier alpha value is -0.123. The van der Waals surface area contributed by atoms with Gasteiger partial charge in [0.05, 0.1) is 6.10 Å². The molecular formula is C18H29ClNO2PSi. The van der Waals surface area contributed by atoms with Crippen LogP contribution in [0.3, 0.4) is 0 Å². The highest BCUT2D eigenvalue weighted by Crippen LogP contribution is 2.58. The lowest BCUT2D eigenvalue weighted by molar-refractivity contribution is 0.210. The predicted octanol–water partition coefficient (Wildman–Crippen LogP) is 5.94. The minimum atomic E-state index is -1.85. The highest BCUT2D eigenvalue weighted by molar-refractivity contribution is 7.78. The molecule has 0 bridgehead atoms. The summed E-state index contributed by atoms with van der Waals surface area (Å²) in [6.45, 7) is 12.5. The standard InChI is InChI=1S/C18H29ClNO2PSi/c1-18(2,3)24(4,5)22-16-11-7-6-9-14(16)13-17-15-10-8-12-20(15)23(19)21-17/h6-7,9,11,15,17H,8,10,12-13H2,1-5H3/t15-,17+,23?/m0/s1. The fourth-order valence-electron chi connectivity index (χ4n) is 3.18. The molecule has 2 saturated heterocycles. The first-order valence-corrected chi connectivity index (χ1v) is 13.9. The van der Waals surface area contributed by atoms with Crippen LogP contribution in [-0.4, -0.2) is 31.7 Å². The van der Waals surface area contributed by atoms with Crippen molar-refractivity contribution in [3.63, 3.8) is 0 Å². The molecular weight excluding hydrogens is 357 g/mol. The van der Waals surface area contributed by atoms with Crippen LogP contribution in [0.25, 0.3) is 0 Å². The molecule has 0 aliphatic carbocycles. The molecule has 2 heterocycles. The molecule has 1 unspecified atom stereocenters. The smallest absolute Gasteiger partial charge is 0.250 e. The summed E-state index contributed by atoms with van der Waals surface area (Å²) < 4.78 is 15.0. The maximum Gasteiger partial charge on any atom is 0.250 e.